The molecule has 21 heavy (non-hydrogen) atoms. The molecule has 0 spiro atoms. The molecule has 1 unspecified atom stereocenters. The summed E-state index contributed by atoms with van der Waals surface area (Å²) < 4.78 is 14.9. The fourth-order valence-electron chi connectivity index (χ4n) is 2.99. The lowest BCUT2D eigenvalue weighted by molar-refractivity contribution is 0.0695. The predicted molar refractivity (Wildman–Crippen MR) is 87.8 cm³/mol. The van der Waals surface area contributed by atoms with Gasteiger partial charge in [0.25, 0.3) is 0 Å². The molecule has 0 aliphatic rings. The van der Waals surface area contributed by atoms with E-state index in [0.717, 1.165) is 22.9 Å². The lowest BCUT2D eigenvalue weighted by Gasteiger charge is -2.37. The van der Waals surface area contributed by atoms with Crippen molar-refractivity contribution in [2.45, 2.75) is 38.2 Å². The zero-order chi connectivity index (χ0) is 15.5. The molecule has 0 aliphatic heterocycles. The summed E-state index contributed by atoms with van der Waals surface area (Å²) in [5.74, 6) is -0.368. The second-order valence-electron chi connectivity index (χ2n) is 5.30. The van der Waals surface area contributed by atoms with Crippen molar-refractivity contribution < 1.29 is 9.50 Å². The van der Waals surface area contributed by atoms with Crippen molar-refractivity contribution in [1.29, 1.82) is 0 Å². The number of aliphatic hydroxyl groups is 1. The van der Waals surface area contributed by atoms with Crippen LogP contribution in [0.2, 0.25) is 0 Å². The smallest absolute Gasteiger partial charge is 0.129 e. The minimum Gasteiger partial charge on any atom is -0.387 e. The van der Waals surface area contributed by atoms with E-state index in [1.54, 1.807) is 12.1 Å². The third kappa shape index (κ3) is 3.04. The Labute approximate surface area is 134 Å². The van der Waals surface area contributed by atoms with E-state index in [1.807, 2.05) is 44.2 Å². The maximum atomic E-state index is 14.2. The Kier molecular flexibility index (Phi) is 5.17. The van der Waals surface area contributed by atoms with E-state index < -0.39 is 11.5 Å². The summed E-state index contributed by atoms with van der Waals surface area (Å²) in [6.45, 7) is 4.07. The Morgan fingerprint density at radius 3 is 2.29 bits per heavy atom. The van der Waals surface area contributed by atoms with E-state index in [-0.39, 0.29) is 5.82 Å². The SMILES string of the molecule is CCC(CC)(c1ccccc1)C(O)c1cc(Br)ccc1F. The fraction of sp³-hybridized carbons (Fsp3) is 0.333. The van der Waals surface area contributed by atoms with Crippen LogP contribution in [0.15, 0.2) is 53.0 Å². The molecule has 2 aromatic carbocycles. The summed E-state index contributed by atoms with van der Waals surface area (Å²) in [6, 6.07) is 14.6. The number of halogens is 2. The first-order valence-electron chi connectivity index (χ1n) is 7.23. The molecule has 3 heteroatoms. The Morgan fingerprint density at radius 1 is 1.10 bits per heavy atom. The second kappa shape index (κ2) is 6.71. The van der Waals surface area contributed by atoms with Crippen LogP contribution in [0.5, 0.6) is 0 Å². The molecule has 0 fully saturated rings. The Hall–Kier alpha value is -1.19. The molecular weight excluding hydrogens is 331 g/mol. The molecule has 0 saturated carbocycles. The highest BCUT2D eigenvalue weighted by molar-refractivity contribution is 9.10. The molecule has 0 aromatic heterocycles. The molecule has 0 saturated heterocycles. The maximum absolute atomic E-state index is 14.2. The van der Waals surface area contributed by atoms with E-state index >= 15 is 0 Å². The number of benzene rings is 2. The van der Waals surface area contributed by atoms with Crippen molar-refractivity contribution in [1.82, 2.24) is 0 Å². The summed E-state index contributed by atoms with van der Waals surface area (Å²) in [7, 11) is 0. The molecule has 0 heterocycles. The molecule has 1 N–H and O–H groups in total. The van der Waals surface area contributed by atoms with Gasteiger partial charge >= 0.3 is 0 Å². The number of hydrogen-bond acceptors (Lipinski definition) is 1. The number of rotatable bonds is 5. The van der Waals surface area contributed by atoms with Crippen molar-refractivity contribution in [3.8, 4) is 0 Å². The molecule has 0 aliphatic carbocycles. The van der Waals surface area contributed by atoms with E-state index in [2.05, 4.69) is 15.9 Å². The van der Waals surface area contributed by atoms with Gasteiger partial charge in [-0.05, 0) is 36.6 Å². The molecule has 1 nitrogen and oxygen atoms in total. The topological polar surface area (TPSA) is 20.2 Å². The van der Waals surface area contributed by atoms with Crippen molar-refractivity contribution in [2.75, 3.05) is 0 Å². The van der Waals surface area contributed by atoms with Gasteiger partial charge < -0.3 is 5.11 Å². The zero-order valence-electron chi connectivity index (χ0n) is 12.3. The predicted octanol–water partition coefficient (Wildman–Crippen LogP) is 5.38. The molecule has 112 valence electrons. The largest absolute Gasteiger partial charge is 0.387 e. The van der Waals surface area contributed by atoms with Gasteiger partial charge in [-0.2, -0.15) is 0 Å². The van der Waals surface area contributed by atoms with Gasteiger partial charge in [0.15, 0.2) is 0 Å². The van der Waals surface area contributed by atoms with Crippen LogP contribution in [-0.4, -0.2) is 5.11 Å². The van der Waals surface area contributed by atoms with E-state index in [0.29, 0.717) is 5.56 Å². The molecule has 0 radical (unpaired) electrons. The molecular formula is C18H20BrFO. The average molecular weight is 351 g/mol. The summed E-state index contributed by atoms with van der Waals surface area (Å²) in [5.41, 5.74) is 0.905. The maximum Gasteiger partial charge on any atom is 0.129 e. The Balaban J connectivity index is 2.54. The fourth-order valence-corrected chi connectivity index (χ4v) is 3.37. The van der Waals surface area contributed by atoms with Crippen molar-refractivity contribution in [3.63, 3.8) is 0 Å². The zero-order valence-corrected chi connectivity index (χ0v) is 13.9. The lowest BCUT2D eigenvalue weighted by atomic mass is 9.69. The van der Waals surface area contributed by atoms with Crippen molar-refractivity contribution in [2.24, 2.45) is 0 Å². The van der Waals surface area contributed by atoms with E-state index in [4.69, 9.17) is 0 Å². The highest BCUT2D eigenvalue weighted by Gasteiger charge is 2.38. The molecule has 2 rings (SSSR count). The normalized spacial score (nSPS) is 13.2. The molecule has 1 atom stereocenters. The van der Waals surface area contributed by atoms with Crippen molar-refractivity contribution in [3.05, 3.63) is 69.9 Å². The molecule has 2 aromatic rings. The summed E-state index contributed by atoms with van der Waals surface area (Å²) in [6.07, 6.45) is 0.591. The van der Waals surface area contributed by atoms with Gasteiger partial charge in [0.2, 0.25) is 0 Å². The van der Waals surface area contributed by atoms with Crippen LogP contribution in [0.3, 0.4) is 0 Å². The minimum atomic E-state index is -0.882. The van der Waals surface area contributed by atoms with Gasteiger partial charge in [0, 0.05) is 15.5 Å². The Bertz CT molecular complexity index is 593. The van der Waals surface area contributed by atoms with Gasteiger partial charge in [-0.25, -0.2) is 4.39 Å². The summed E-state index contributed by atoms with van der Waals surface area (Å²) >= 11 is 3.35. The van der Waals surface area contributed by atoms with Gasteiger partial charge in [-0.15, -0.1) is 0 Å². The number of aliphatic hydroxyl groups excluding tert-OH is 1. The standard InChI is InChI=1S/C18H20BrFO/c1-3-18(4-2,13-8-6-5-7-9-13)17(21)15-12-14(19)10-11-16(15)20/h5-12,17,21H,3-4H2,1-2H3. The first-order chi connectivity index (χ1) is 10.0. The first kappa shape index (κ1) is 16.2. The Morgan fingerprint density at radius 2 is 1.71 bits per heavy atom. The highest BCUT2D eigenvalue weighted by atomic mass is 79.9. The van der Waals surface area contributed by atoms with Crippen LogP contribution in [0.25, 0.3) is 0 Å². The van der Waals surface area contributed by atoms with Crippen LogP contribution < -0.4 is 0 Å². The van der Waals surface area contributed by atoms with E-state index in [9.17, 15) is 9.50 Å². The quantitative estimate of drug-likeness (QED) is 0.767. The van der Waals surface area contributed by atoms with Gasteiger partial charge in [0.05, 0.1) is 6.10 Å². The summed E-state index contributed by atoms with van der Waals surface area (Å²) in [5, 5.41) is 10.9. The van der Waals surface area contributed by atoms with Crippen molar-refractivity contribution >= 4 is 15.9 Å². The molecule has 0 bridgehead atoms. The van der Waals surface area contributed by atoms with Crippen LogP contribution in [0.4, 0.5) is 4.39 Å². The van der Waals surface area contributed by atoms with Crippen LogP contribution >= 0.6 is 15.9 Å². The van der Waals surface area contributed by atoms with Gasteiger partial charge in [0.1, 0.15) is 5.82 Å². The third-order valence-corrected chi connectivity index (χ3v) is 4.88. The monoisotopic (exact) mass is 350 g/mol. The average Bonchev–Trinajstić information content (AvgIpc) is 2.52. The minimum absolute atomic E-state index is 0.344. The first-order valence-corrected chi connectivity index (χ1v) is 8.03. The van der Waals surface area contributed by atoms with Crippen LogP contribution in [0, 0.1) is 5.82 Å². The van der Waals surface area contributed by atoms with Gasteiger partial charge in [-0.1, -0.05) is 60.1 Å². The highest BCUT2D eigenvalue weighted by Crippen LogP contribution is 2.44. The van der Waals surface area contributed by atoms with Crippen LogP contribution in [0.1, 0.15) is 43.9 Å². The van der Waals surface area contributed by atoms with Crippen LogP contribution in [-0.2, 0) is 5.41 Å². The third-order valence-electron chi connectivity index (χ3n) is 4.39. The lowest BCUT2D eigenvalue weighted by Crippen LogP contribution is -2.33. The van der Waals surface area contributed by atoms with E-state index in [1.165, 1.54) is 6.07 Å². The summed E-state index contributed by atoms with van der Waals surface area (Å²) in [4.78, 5) is 0. The number of hydrogen-bond donors (Lipinski definition) is 1. The van der Waals surface area contributed by atoms with Gasteiger partial charge in [-0.3, -0.25) is 0 Å². The molecule has 0 amide bonds. The second-order valence-corrected chi connectivity index (χ2v) is 6.21.